The summed E-state index contributed by atoms with van der Waals surface area (Å²) in [6.45, 7) is 1.22. The average Bonchev–Trinajstić information content (AvgIpc) is 2.62. The minimum Gasteiger partial charge on any atom is -0.497 e. The molecule has 4 heteroatoms. The highest BCUT2D eigenvalue weighted by atomic mass is 16.5. The molecule has 0 amide bonds. The number of ether oxygens (including phenoxy) is 2. The van der Waals surface area contributed by atoms with E-state index in [2.05, 4.69) is 0 Å². The Morgan fingerprint density at radius 3 is 2.67 bits per heavy atom. The predicted octanol–water partition coefficient (Wildman–Crippen LogP) is 3.95. The van der Waals surface area contributed by atoms with E-state index in [9.17, 15) is 4.79 Å². The largest absolute Gasteiger partial charge is 0.497 e. The summed E-state index contributed by atoms with van der Waals surface area (Å²) in [4.78, 5) is 12.1. The fraction of sp³-hybridized carbons (Fsp3) is 0.250. The third-order valence-electron chi connectivity index (χ3n) is 3.84. The van der Waals surface area contributed by atoms with Crippen LogP contribution in [-0.4, -0.2) is 13.7 Å². The van der Waals surface area contributed by atoms with Crippen LogP contribution in [0.5, 0.6) is 5.75 Å². The van der Waals surface area contributed by atoms with Crippen molar-refractivity contribution in [3.63, 3.8) is 0 Å². The Bertz CT molecular complexity index is 852. The first-order valence-corrected chi connectivity index (χ1v) is 7.99. The van der Waals surface area contributed by atoms with Crippen LogP contribution in [0.3, 0.4) is 0 Å². The molecule has 24 heavy (non-hydrogen) atoms. The number of fused-ring (bicyclic) bond motifs is 1. The molecule has 0 bridgehead atoms. The molecule has 3 aromatic rings. The van der Waals surface area contributed by atoms with Gasteiger partial charge in [0.2, 0.25) is 0 Å². The van der Waals surface area contributed by atoms with E-state index in [4.69, 9.17) is 13.9 Å². The lowest BCUT2D eigenvalue weighted by molar-refractivity contribution is 0.117. The highest BCUT2D eigenvalue weighted by Crippen LogP contribution is 2.19. The third kappa shape index (κ3) is 4.03. The molecule has 0 aliphatic heterocycles. The van der Waals surface area contributed by atoms with Crippen LogP contribution in [0, 0.1) is 0 Å². The second kappa shape index (κ2) is 7.79. The SMILES string of the molecule is COc1ccc2cc(CCCOCc3ccccc3)oc(=O)c2c1. The van der Waals surface area contributed by atoms with Gasteiger partial charge in [0.25, 0.3) is 0 Å². The van der Waals surface area contributed by atoms with E-state index in [0.29, 0.717) is 36.5 Å². The van der Waals surface area contributed by atoms with Crippen LogP contribution in [0.4, 0.5) is 0 Å². The smallest absolute Gasteiger partial charge is 0.343 e. The van der Waals surface area contributed by atoms with Gasteiger partial charge in [0.1, 0.15) is 11.5 Å². The van der Waals surface area contributed by atoms with Crippen LogP contribution in [-0.2, 0) is 17.8 Å². The Balaban J connectivity index is 1.56. The molecule has 4 nitrogen and oxygen atoms in total. The van der Waals surface area contributed by atoms with E-state index in [-0.39, 0.29) is 5.63 Å². The Morgan fingerprint density at radius 1 is 1.04 bits per heavy atom. The molecule has 3 rings (SSSR count). The fourth-order valence-electron chi connectivity index (χ4n) is 2.58. The Labute approximate surface area is 140 Å². The summed E-state index contributed by atoms with van der Waals surface area (Å²) >= 11 is 0. The molecule has 0 atom stereocenters. The summed E-state index contributed by atoms with van der Waals surface area (Å²) in [6.07, 6.45) is 1.48. The summed E-state index contributed by atoms with van der Waals surface area (Å²) < 4.78 is 16.2. The van der Waals surface area contributed by atoms with Crippen LogP contribution in [0.2, 0.25) is 0 Å². The lowest BCUT2D eigenvalue weighted by atomic mass is 10.1. The summed E-state index contributed by atoms with van der Waals surface area (Å²) in [5.74, 6) is 1.33. The van der Waals surface area contributed by atoms with Gasteiger partial charge in [-0.1, -0.05) is 36.4 Å². The molecule has 0 unspecified atom stereocenters. The summed E-state index contributed by atoms with van der Waals surface area (Å²) in [6, 6.07) is 17.4. The van der Waals surface area contributed by atoms with Crippen molar-refractivity contribution in [2.75, 3.05) is 13.7 Å². The van der Waals surface area contributed by atoms with E-state index in [1.807, 2.05) is 48.5 Å². The monoisotopic (exact) mass is 324 g/mol. The fourth-order valence-corrected chi connectivity index (χ4v) is 2.58. The van der Waals surface area contributed by atoms with Gasteiger partial charge < -0.3 is 13.9 Å². The Morgan fingerprint density at radius 2 is 1.88 bits per heavy atom. The molecule has 2 aromatic carbocycles. The summed E-state index contributed by atoms with van der Waals surface area (Å²) in [7, 11) is 1.58. The maximum Gasteiger partial charge on any atom is 0.343 e. The standard InChI is InChI=1S/C20H20O4/c1-22-17-10-9-16-12-18(24-20(21)19(16)13-17)8-5-11-23-14-15-6-3-2-4-7-15/h2-4,6-7,9-10,12-13H,5,8,11,14H2,1H3. The first-order valence-electron chi connectivity index (χ1n) is 7.99. The zero-order chi connectivity index (χ0) is 16.8. The Hall–Kier alpha value is -2.59. The van der Waals surface area contributed by atoms with Crippen LogP contribution in [0.15, 0.2) is 63.8 Å². The normalized spacial score (nSPS) is 10.9. The molecular formula is C20H20O4. The topological polar surface area (TPSA) is 48.7 Å². The minimum atomic E-state index is -0.327. The summed E-state index contributed by atoms with van der Waals surface area (Å²) in [5.41, 5.74) is 0.829. The molecule has 0 spiro atoms. The first kappa shape index (κ1) is 16.3. The highest BCUT2D eigenvalue weighted by molar-refractivity contribution is 5.82. The number of benzene rings is 2. The van der Waals surface area contributed by atoms with Crippen molar-refractivity contribution in [1.29, 1.82) is 0 Å². The number of hydrogen-bond donors (Lipinski definition) is 0. The van der Waals surface area contributed by atoms with Gasteiger partial charge in [-0.15, -0.1) is 0 Å². The number of aryl methyl sites for hydroxylation is 1. The van der Waals surface area contributed by atoms with Crippen molar-refractivity contribution in [3.05, 3.63) is 76.3 Å². The number of hydrogen-bond acceptors (Lipinski definition) is 4. The quantitative estimate of drug-likeness (QED) is 0.617. The minimum absolute atomic E-state index is 0.327. The van der Waals surface area contributed by atoms with E-state index < -0.39 is 0 Å². The van der Waals surface area contributed by atoms with Gasteiger partial charge in [-0.25, -0.2) is 4.79 Å². The average molecular weight is 324 g/mol. The number of methoxy groups -OCH3 is 1. The van der Waals surface area contributed by atoms with Crippen molar-refractivity contribution in [1.82, 2.24) is 0 Å². The molecule has 0 aliphatic rings. The van der Waals surface area contributed by atoms with Gasteiger partial charge in [-0.05, 0) is 35.6 Å². The maximum absolute atomic E-state index is 12.1. The van der Waals surface area contributed by atoms with Crippen molar-refractivity contribution in [2.24, 2.45) is 0 Å². The molecular weight excluding hydrogens is 304 g/mol. The lowest BCUT2D eigenvalue weighted by Gasteiger charge is -2.06. The van der Waals surface area contributed by atoms with Crippen LogP contribution < -0.4 is 10.4 Å². The zero-order valence-corrected chi connectivity index (χ0v) is 13.7. The van der Waals surface area contributed by atoms with E-state index in [0.717, 1.165) is 17.4 Å². The van der Waals surface area contributed by atoms with Crippen molar-refractivity contribution >= 4 is 10.8 Å². The molecule has 0 fully saturated rings. The van der Waals surface area contributed by atoms with Crippen LogP contribution in [0.1, 0.15) is 17.7 Å². The van der Waals surface area contributed by atoms with Gasteiger partial charge in [-0.3, -0.25) is 0 Å². The lowest BCUT2D eigenvalue weighted by Crippen LogP contribution is -2.04. The molecule has 124 valence electrons. The highest BCUT2D eigenvalue weighted by Gasteiger charge is 2.06. The van der Waals surface area contributed by atoms with Crippen LogP contribution >= 0.6 is 0 Å². The second-order valence-electron chi connectivity index (χ2n) is 5.60. The van der Waals surface area contributed by atoms with Gasteiger partial charge in [0.05, 0.1) is 19.1 Å². The van der Waals surface area contributed by atoms with E-state index >= 15 is 0 Å². The van der Waals surface area contributed by atoms with Gasteiger partial charge in [-0.2, -0.15) is 0 Å². The van der Waals surface area contributed by atoms with E-state index in [1.165, 1.54) is 0 Å². The molecule has 0 radical (unpaired) electrons. The van der Waals surface area contributed by atoms with Crippen molar-refractivity contribution in [2.45, 2.75) is 19.4 Å². The van der Waals surface area contributed by atoms with Gasteiger partial charge >= 0.3 is 5.63 Å². The summed E-state index contributed by atoms with van der Waals surface area (Å²) in [5, 5.41) is 1.41. The van der Waals surface area contributed by atoms with Gasteiger partial charge in [0.15, 0.2) is 0 Å². The molecule has 0 aliphatic carbocycles. The molecule has 1 heterocycles. The Kier molecular flexibility index (Phi) is 5.29. The second-order valence-corrected chi connectivity index (χ2v) is 5.60. The van der Waals surface area contributed by atoms with Crippen molar-refractivity contribution in [3.8, 4) is 5.75 Å². The predicted molar refractivity (Wildman–Crippen MR) is 93.5 cm³/mol. The third-order valence-corrected chi connectivity index (χ3v) is 3.84. The zero-order valence-electron chi connectivity index (χ0n) is 13.7. The van der Waals surface area contributed by atoms with Crippen molar-refractivity contribution < 1.29 is 13.9 Å². The molecule has 1 aromatic heterocycles. The molecule has 0 saturated heterocycles. The first-order chi connectivity index (χ1) is 11.8. The maximum atomic E-state index is 12.1. The number of rotatable bonds is 7. The van der Waals surface area contributed by atoms with Gasteiger partial charge in [0, 0.05) is 13.0 Å². The molecule has 0 saturated carbocycles. The van der Waals surface area contributed by atoms with E-state index in [1.54, 1.807) is 13.2 Å². The molecule has 0 N–H and O–H groups in total. The van der Waals surface area contributed by atoms with Crippen LogP contribution in [0.25, 0.3) is 10.8 Å².